The molecular weight excluding hydrogens is 184 g/mol. The Bertz CT molecular complexity index is 404. The van der Waals surface area contributed by atoms with E-state index in [1.165, 1.54) is 16.7 Å². The molecule has 2 rings (SSSR count). The number of benzene rings is 1. The summed E-state index contributed by atoms with van der Waals surface area (Å²) in [6.07, 6.45) is 3.93. The van der Waals surface area contributed by atoms with Gasteiger partial charge >= 0.3 is 0 Å². The lowest BCUT2D eigenvalue weighted by Crippen LogP contribution is -1.94. The molecule has 0 heterocycles. The molecular formula is C14H16O. The standard InChI is InChI=1S/C14H16O/c1-10(2)12-5-6-14-11(7-8-15)3-4-13(14)9-12/h5-6,8-9,11H,1,3-4,7H2,2H3/t11-/m1/s1. The average Bonchev–Trinajstić information content (AvgIpc) is 2.61. The molecule has 0 unspecified atom stereocenters. The van der Waals surface area contributed by atoms with E-state index in [9.17, 15) is 4.79 Å². The zero-order chi connectivity index (χ0) is 10.8. The van der Waals surface area contributed by atoms with Crippen molar-refractivity contribution in [2.75, 3.05) is 0 Å². The van der Waals surface area contributed by atoms with Crippen LogP contribution in [0.2, 0.25) is 0 Å². The van der Waals surface area contributed by atoms with Crippen molar-refractivity contribution in [1.29, 1.82) is 0 Å². The molecule has 15 heavy (non-hydrogen) atoms. The van der Waals surface area contributed by atoms with Crippen molar-refractivity contribution in [3.05, 3.63) is 41.5 Å². The second-order valence-corrected chi connectivity index (χ2v) is 4.33. The number of hydrogen-bond acceptors (Lipinski definition) is 1. The maximum Gasteiger partial charge on any atom is 0.120 e. The summed E-state index contributed by atoms with van der Waals surface area (Å²) in [5, 5.41) is 0. The molecule has 1 aliphatic rings. The van der Waals surface area contributed by atoms with Crippen LogP contribution >= 0.6 is 0 Å². The maximum absolute atomic E-state index is 10.5. The van der Waals surface area contributed by atoms with E-state index < -0.39 is 0 Å². The van der Waals surface area contributed by atoms with Crippen LogP contribution < -0.4 is 0 Å². The van der Waals surface area contributed by atoms with E-state index in [4.69, 9.17) is 0 Å². The van der Waals surface area contributed by atoms with Gasteiger partial charge in [0.05, 0.1) is 0 Å². The first-order valence-electron chi connectivity index (χ1n) is 5.44. The molecule has 1 aliphatic carbocycles. The van der Waals surface area contributed by atoms with Crippen molar-refractivity contribution in [3.63, 3.8) is 0 Å². The molecule has 0 amide bonds. The number of carbonyl (C=O) groups is 1. The smallest absolute Gasteiger partial charge is 0.120 e. The number of allylic oxidation sites excluding steroid dienone is 1. The molecule has 0 saturated carbocycles. The molecule has 0 bridgehead atoms. The van der Waals surface area contributed by atoms with E-state index in [1.54, 1.807) is 0 Å². The Morgan fingerprint density at radius 2 is 2.40 bits per heavy atom. The molecule has 0 saturated heterocycles. The summed E-state index contributed by atoms with van der Waals surface area (Å²) in [4.78, 5) is 10.5. The zero-order valence-corrected chi connectivity index (χ0v) is 9.12. The third kappa shape index (κ3) is 1.87. The van der Waals surface area contributed by atoms with Crippen LogP contribution in [0.25, 0.3) is 5.57 Å². The van der Waals surface area contributed by atoms with Gasteiger partial charge in [-0.2, -0.15) is 0 Å². The average molecular weight is 200 g/mol. The summed E-state index contributed by atoms with van der Waals surface area (Å²) in [6.45, 7) is 5.98. The summed E-state index contributed by atoms with van der Waals surface area (Å²) in [5.74, 6) is 0.455. The number of aryl methyl sites for hydroxylation is 1. The van der Waals surface area contributed by atoms with Gasteiger partial charge in [0.25, 0.3) is 0 Å². The largest absolute Gasteiger partial charge is 0.303 e. The van der Waals surface area contributed by atoms with Gasteiger partial charge in [0.15, 0.2) is 0 Å². The Kier molecular flexibility index (Phi) is 2.72. The second kappa shape index (κ2) is 4.01. The SMILES string of the molecule is C=C(C)c1ccc2c(c1)CC[C@@H]2CC=O. The summed E-state index contributed by atoms with van der Waals surface area (Å²) in [7, 11) is 0. The molecule has 1 aromatic rings. The molecule has 0 N–H and O–H groups in total. The first kappa shape index (κ1) is 10.2. The minimum atomic E-state index is 0.455. The topological polar surface area (TPSA) is 17.1 Å². The van der Waals surface area contributed by atoms with Crippen molar-refractivity contribution < 1.29 is 4.79 Å². The van der Waals surface area contributed by atoms with Crippen molar-refractivity contribution in [3.8, 4) is 0 Å². The molecule has 0 aliphatic heterocycles. The van der Waals surface area contributed by atoms with Crippen LogP contribution in [0.3, 0.4) is 0 Å². The molecule has 1 atom stereocenters. The Balaban J connectivity index is 2.33. The van der Waals surface area contributed by atoms with Crippen molar-refractivity contribution in [2.45, 2.75) is 32.1 Å². The van der Waals surface area contributed by atoms with Gasteiger partial charge in [-0.25, -0.2) is 0 Å². The monoisotopic (exact) mass is 200 g/mol. The quantitative estimate of drug-likeness (QED) is 0.684. The fraction of sp³-hybridized carbons (Fsp3) is 0.357. The summed E-state index contributed by atoms with van der Waals surface area (Å²) in [6, 6.07) is 6.51. The van der Waals surface area contributed by atoms with Gasteiger partial charge in [0, 0.05) is 6.42 Å². The van der Waals surface area contributed by atoms with Gasteiger partial charge < -0.3 is 4.79 Å². The van der Waals surface area contributed by atoms with Crippen molar-refractivity contribution >= 4 is 11.9 Å². The van der Waals surface area contributed by atoms with E-state index in [0.29, 0.717) is 12.3 Å². The molecule has 1 aromatic carbocycles. The molecule has 0 fully saturated rings. The minimum Gasteiger partial charge on any atom is -0.303 e. The first-order valence-corrected chi connectivity index (χ1v) is 5.44. The number of fused-ring (bicyclic) bond motifs is 1. The number of rotatable bonds is 3. The van der Waals surface area contributed by atoms with Crippen LogP contribution in [0.1, 0.15) is 42.4 Å². The third-order valence-electron chi connectivity index (χ3n) is 3.22. The molecule has 78 valence electrons. The lowest BCUT2D eigenvalue weighted by Gasteiger charge is -2.08. The Labute approximate surface area is 90.8 Å². The van der Waals surface area contributed by atoms with E-state index in [0.717, 1.165) is 24.7 Å². The van der Waals surface area contributed by atoms with Crippen LogP contribution in [0, 0.1) is 0 Å². The molecule has 1 heteroatoms. The van der Waals surface area contributed by atoms with Crippen LogP contribution in [0.5, 0.6) is 0 Å². The van der Waals surface area contributed by atoms with Crippen LogP contribution in [-0.4, -0.2) is 6.29 Å². The van der Waals surface area contributed by atoms with E-state index >= 15 is 0 Å². The highest BCUT2D eigenvalue weighted by molar-refractivity contribution is 5.63. The van der Waals surface area contributed by atoms with E-state index in [2.05, 4.69) is 24.8 Å². The predicted octanol–water partition coefficient (Wildman–Crippen LogP) is 3.34. The zero-order valence-electron chi connectivity index (χ0n) is 9.12. The Hall–Kier alpha value is -1.37. The fourth-order valence-corrected chi connectivity index (χ4v) is 2.33. The summed E-state index contributed by atoms with van der Waals surface area (Å²) in [5.41, 5.74) is 5.10. The Morgan fingerprint density at radius 3 is 3.07 bits per heavy atom. The highest BCUT2D eigenvalue weighted by Gasteiger charge is 2.21. The molecule has 0 aromatic heterocycles. The van der Waals surface area contributed by atoms with Gasteiger partial charge in [-0.15, -0.1) is 0 Å². The minimum absolute atomic E-state index is 0.455. The fourth-order valence-electron chi connectivity index (χ4n) is 2.33. The predicted molar refractivity (Wildman–Crippen MR) is 62.9 cm³/mol. The second-order valence-electron chi connectivity index (χ2n) is 4.33. The van der Waals surface area contributed by atoms with Crippen LogP contribution in [0.15, 0.2) is 24.8 Å². The van der Waals surface area contributed by atoms with Crippen LogP contribution in [0.4, 0.5) is 0 Å². The van der Waals surface area contributed by atoms with E-state index in [-0.39, 0.29) is 0 Å². The summed E-state index contributed by atoms with van der Waals surface area (Å²) < 4.78 is 0. The highest BCUT2D eigenvalue weighted by atomic mass is 16.1. The Morgan fingerprint density at radius 1 is 1.60 bits per heavy atom. The number of hydrogen-bond donors (Lipinski definition) is 0. The number of carbonyl (C=O) groups excluding carboxylic acids is 1. The van der Waals surface area contributed by atoms with E-state index in [1.807, 2.05) is 6.92 Å². The number of aldehydes is 1. The first-order chi connectivity index (χ1) is 7.22. The third-order valence-corrected chi connectivity index (χ3v) is 3.22. The molecule has 1 nitrogen and oxygen atoms in total. The van der Waals surface area contributed by atoms with Gasteiger partial charge in [0.2, 0.25) is 0 Å². The molecule has 0 radical (unpaired) electrons. The van der Waals surface area contributed by atoms with Gasteiger partial charge in [0.1, 0.15) is 6.29 Å². The van der Waals surface area contributed by atoms with Crippen LogP contribution in [-0.2, 0) is 11.2 Å². The highest BCUT2D eigenvalue weighted by Crippen LogP contribution is 2.36. The van der Waals surface area contributed by atoms with Crippen molar-refractivity contribution in [1.82, 2.24) is 0 Å². The van der Waals surface area contributed by atoms with Crippen molar-refractivity contribution in [2.24, 2.45) is 0 Å². The molecule has 0 spiro atoms. The maximum atomic E-state index is 10.5. The van der Waals surface area contributed by atoms with Gasteiger partial charge in [-0.3, -0.25) is 0 Å². The van der Waals surface area contributed by atoms with Gasteiger partial charge in [-0.1, -0.05) is 30.4 Å². The lowest BCUT2D eigenvalue weighted by atomic mass is 9.96. The normalized spacial score (nSPS) is 18.6. The summed E-state index contributed by atoms with van der Waals surface area (Å²) >= 11 is 0. The van der Waals surface area contributed by atoms with Gasteiger partial charge in [-0.05, 0) is 42.4 Å². The lowest BCUT2D eigenvalue weighted by molar-refractivity contribution is -0.108.